The van der Waals surface area contributed by atoms with E-state index in [-0.39, 0.29) is 5.78 Å². The normalized spacial score (nSPS) is 11.0. The van der Waals surface area contributed by atoms with Gasteiger partial charge in [0.1, 0.15) is 10.9 Å². The van der Waals surface area contributed by atoms with E-state index in [1.165, 1.54) is 16.6 Å². The SMILES string of the molecule is CCc1ccc(C(=O)CSc2nc(C)nc3ccccc23)s1. The number of nitrogens with zero attached hydrogens (tertiary/aromatic N) is 2. The van der Waals surface area contributed by atoms with Crippen molar-refractivity contribution in [1.29, 1.82) is 0 Å². The first-order valence-electron chi connectivity index (χ1n) is 7.15. The predicted octanol–water partition coefficient (Wildman–Crippen LogP) is 4.54. The maximum Gasteiger partial charge on any atom is 0.183 e. The van der Waals surface area contributed by atoms with E-state index in [0.29, 0.717) is 5.75 Å². The van der Waals surface area contributed by atoms with Crippen molar-refractivity contribution >= 4 is 39.8 Å². The van der Waals surface area contributed by atoms with E-state index in [1.54, 1.807) is 11.3 Å². The zero-order valence-electron chi connectivity index (χ0n) is 12.5. The summed E-state index contributed by atoms with van der Waals surface area (Å²) in [4.78, 5) is 23.3. The summed E-state index contributed by atoms with van der Waals surface area (Å²) in [6.45, 7) is 3.98. The summed E-state index contributed by atoms with van der Waals surface area (Å²) in [6.07, 6.45) is 0.973. The first-order chi connectivity index (χ1) is 10.7. The standard InChI is InChI=1S/C17H16N2OS2/c1-3-12-8-9-16(22-12)15(20)10-21-17-13-6-4-5-7-14(13)18-11(2)19-17/h4-9H,3,10H2,1-2H3. The molecule has 0 saturated heterocycles. The number of fused-ring (bicyclic) bond motifs is 1. The molecule has 0 radical (unpaired) electrons. The van der Waals surface area contributed by atoms with Gasteiger partial charge in [-0.3, -0.25) is 4.79 Å². The van der Waals surface area contributed by atoms with E-state index >= 15 is 0 Å². The minimum absolute atomic E-state index is 0.162. The van der Waals surface area contributed by atoms with E-state index < -0.39 is 0 Å². The van der Waals surface area contributed by atoms with Crippen molar-refractivity contribution in [2.24, 2.45) is 0 Å². The largest absolute Gasteiger partial charge is 0.292 e. The summed E-state index contributed by atoms with van der Waals surface area (Å²) >= 11 is 3.08. The quantitative estimate of drug-likeness (QED) is 0.392. The molecule has 0 bridgehead atoms. The average Bonchev–Trinajstić information content (AvgIpc) is 3.01. The molecule has 0 aliphatic heterocycles. The van der Waals surface area contributed by atoms with Crippen LogP contribution in [0, 0.1) is 6.92 Å². The molecule has 0 saturated carbocycles. The minimum Gasteiger partial charge on any atom is -0.292 e. The predicted molar refractivity (Wildman–Crippen MR) is 93.0 cm³/mol. The molecule has 0 aliphatic rings. The Labute approximate surface area is 137 Å². The van der Waals surface area contributed by atoms with Gasteiger partial charge in [-0.25, -0.2) is 9.97 Å². The number of aryl methyl sites for hydroxylation is 2. The summed E-state index contributed by atoms with van der Waals surface area (Å²) < 4.78 is 0. The van der Waals surface area contributed by atoms with Crippen LogP contribution in [-0.2, 0) is 6.42 Å². The second-order valence-corrected chi connectivity index (χ2v) is 7.06. The van der Waals surface area contributed by atoms with Crippen LogP contribution in [0.15, 0.2) is 41.4 Å². The number of hydrogen-bond acceptors (Lipinski definition) is 5. The number of ketones is 1. The van der Waals surface area contributed by atoms with E-state index in [0.717, 1.165) is 33.1 Å². The molecule has 3 rings (SSSR count). The molecule has 1 aromatic carbocycles. The average molecular weight is 328 g/mol. The first-order valence-corrected chi connectivity index (χ1v) is 8.95. The number of thioether (sulfide) groups is 1. The summed E-state index contributed by atoms with van der Waals surface area (Å²) in [5.41, 5.74) is 0.925. The summed E-state index contributed by atoms with van der Waals surface area (Å²) in [7, 11) is 0. The van der Waals surface area contributed by atoms with E-state index in [1.807, 2.05) is 43.3 Å². The lowest BCUT2D eigenvalue weighted by Crippen LogP contribution is -2.01. The van der Waals surface area contributed by atoms with Crippen LogP contribution in [0.5, 0.6) is 0 Å². The lowest BCUT2D eigenvalue weighted by atomic mass is 10.2. The highest BCUT2D eigenvalue weighted by molar-refractivity contribution is 8.00. The molecule has 0 N–H and O–H groups in total. The summed E-state index contributed by atoms with van der Waals surface area (Å²) in [5.74, 6) is 1.30. The van der Waals surface area contributed by atoms with Crippen molar-refractivity contribution < 1.29 is 4.79 Å². The van der Waals surface area contributed by atoms with E-state index in [9.17, 15) is 4.79 Å². The van der Waals surface area contributed by atoms with Crippen LogP contribution in [0.2, 0.25) is 0 Å². The fourth-order valence-corrected chi connectivity index (χ4v) is 4.12. The third-order valence-corrected chi connectivity index (χ3v) is 5.57. The van der Waals surface area contributed by atoms with Crippen LogP contribution in [0.4, 0.5) is 0 Å². The van der Waals surface area contributed by atoms with Crippen LogP contribution in [-0.4, -0.2) is 21.5 Å². The topological polar surface area (TPSA) is 42.9 Å². The number of aromatic nitrogens is 2. The highest BCUT2D eigenvalue weighted by atomic mass is 32.2. The number of rotatable bonds is 5. The Balaban J connectivity index is 1.80. The molecule has 0 spiro atoms. The van der Waals surface area contributed by atoms with Crippen molar-refractivity contribution in [3.8, 4) is 0 Å². The van der Waals surface area contributed by atoms with Crippen molar-refractivity contribution in [1.82, 2.24) is 9.97 Å². The molecule has 112 valence electrons. The Hall–Kier alpha value is -1.72. The van der Waals surface area contributed by atoms with Crippen molar-refractivity contribution in [3.63, 3.8) is 0 Å². The van der Waals surface area contributed by atoms with Crippen LogP contribution < -0.4 is 0 Å². The lowest BCUT2D eigenvalue weighted by Gasteiger charge is -2.05. The third kappa shape index (κ3) is 3.20. The Morgan fingerprint density at radius 2 is 2.00 bits per heavy atom. The molecule has 0 fully saturated rings. The van der Waals surface area contributed by atoms with Crippen LogP contribution in [0.25, 0.3) is 10.9 Å². The number of benzene rings is 1. The summed E-state index contributed by atoms with van der Waals surface area (Å²) in [6, 6.07) is 11.9. The number of carbonyl (C=O) groups excluding carboxylic acids is 1. The molecule has 3 nitrogen and oxygen atoms in total. The molecule has 0 amide bonds. The number of carbonyl (C=O) groups is 1. The minimum atomic E-state index is 0.162. The Kier molecular flexibility index (Phi) is 4.55. The Morgan fingerprint density at radius 1 is 1.18 bits per heavy atom. The third-order valence-electron chi connectivity index (χ3n) is 3.30. The van der Waals surface area contributed by atoms with Gasteiger partial charge >= 0.3 is 0 Å². The molecule has 2 heterocycles. The molecular weight excluding hydrogens is 312 g/mol. The molecule has 0 aliphatic carbocycles. The van der Waals surface area contributed by atoms with Crippen LogP contribution in [0.3, 0.4) is 0 Å². The number of para-hydroxylation sites is 1. The van der Waals surface area contributed by atoms with Crippen molar-refractivity contribution in [3.05, 3.63) is 52.0 Å². The van der Waals surface area contributed by atoms with E-state index in [2.05, 4.69) is 16.9 Å². The zero-order valence-corrected chi connectivity index (χ0v) is 14.1. The second-order valence-electron chi connectivity index (χ2n) is 4.92. The maximum atomic E-state index is 12.3. The molecule has 2 aromatic heterocycles. The number of Topliss-reactive ketones (excluding diaryl/α,β-unsaturated/α-hetero) is 1. The van der Waals surface area contributed by atoms with Gasteiger partial charge in [-0.05, 0) is 31.5 Å². The first kappa shape index (κ1) is 15.2. The fraction of sp³-hybridized carbons (Fsp3) is 0.235. The van der Waals surface area contributed by atoms with Crippen molar-refractivity contribution in [2.45, 2.75) is 25.3 Å². The number of hydrogen-bond donors (Lipinski definition) is 0. The van der Waals surface area contributed by atoms with Gasteiger partial charge in [0, 0.05) is 10.3 Å². The van der Waals surface area contributed by atoms with Gasteiger partial charge in [-0.2, -0.15) is 0 Å². The Morgan fingerprint density at radius 3 is 2.77 bits per heavy atom. The summed E-state index contributed by atoms with van der Waals surface area (Å²) in [5, 5.41) is 1.88. The van der Waals surface area contributed by atoms with Gasteiger partial charge in [-0.15, -0.1) is 11.3 Å². The lowest BCUT2D eigenvalue weighted by molar-refractivity contribution is 0.102. The second kappa shape index (κ2) is 6.58. The molecule has 5 heteroatoms. The van der Waals surface area contributed by atoms with Gasteiger partial charge < -0.3 is 0 Å². The van der Waals surface area contributed by atoms with Crippen LogP contribution in [0.1, 0.15) is 27.3 Å². The van der Waals surface area contributed by atoms with Crippen LogP contribution >= 0.6 is 23.1 Å². The van der Waals surface area contributed by atoms with Gasteiger partial charge in [0.25, 0.3) is 0 Å². The molecular formula is C17H16N2OS2. The highest BCUT2D eigenvalue weighted by Gasteiger charge is 2.12. The van der Waals surface area contributed by atoms with Crippen molar-refractivity contribution in [2.75, 3.05) is 5.75 Å². The number of thiophene rings is 1. The fourth-order valence-electron chi connectivity index (χ4n) is 2.19. The Bertz CT molecular complexity index is 826. The zero-order chi connectivity index (χ0) is 15.5. The van der Waals surface area contributed by atoms with Gasteiger partial charge in [-0.1, -0.05) is 36.9 Å². The van der Waals surface area contributed by atoms with E-state index in [4.69, 9.17) is 0 Å². The van der Waals surface area contributed by atoms with Gasteiger partial charge in [0.05, 0.1) is 16.1 Å². The molecule has 22 heavy (non-hydrogen) atoms. The van der Waals surface area contributed by atoms with Gasteiger partial charge in [0.15, 0.2) is 5.78 Å². The molecule has 3 aromatic rings. The molecule has 0 atom stereocenters. The maximum absolute atomic E-state index is 12.3. The highest BCUT2D eigenvalue weighted by Crippen LogP contribution is 2.27. The van der Waals surface area contributed by atoms with Gasteiger partial charge in [0.2, 0.25) is 0 Å². The monoisotopic (exact) mass is 328 g/mol. The molecule has 0 unspecified atom stereocenters. The smallest absolute Gasteiger partial charge is 0.183 e.